The molecule has 3 aromatic carbocycles. The Morgan fingerprint density at radius 2 is 1.77 bits per heavy atom. The van der Waals surface area contributed by atoms with E-state index in [0.717, 1.165) is 12.1 Å². The van der Waals surface area contributed by atoms with Crippen molar-refractivity contribution in [2.24, 2.45) is 0 Å². The maximum Gasteiger partial charge on any atom is 0.416 e. The zero-order valence-corrected chi connectivity index (χ0v) is 22.6. The lowest BCUT2D eigenvalue weighted by Gasteiger charge is -2.17. The van der Waals surface area contributed by atoms with Gasteiger partial charge in [-0.3, -0.25) is 9.00 Å². The smallest absolute Gasteiger partial charge is 0.416 e. The van der Waals surface area contributed by atoms with Crippen LogP contribution in [0.2, 0.25) is 10.0 Å². The van der Waals surface area contributed by atoms with Gasteiger partial charge in [-0.2, -0.15) is 13.2 Å². The van der Waals surface area contributed by atoms with E-state index in [0.29, 0.717) is 40.7 Å². The minimum Gasteiger partial charge on any atom is -0.772 e. The number of nitrogens with zero attached hydrogens (tertiary/aromatic N) is 1. The molecule has 0 bridgehead atoms. The maximum absolute atomic E-state index is 13.1. The normalized spacial score (nSPS) is 16.2. The second-order valence-corrected chi connectivity index (χ2v) is 11.5. The predicted octanol–water partition coefficient (Wildman–Crippen LogP) is 7.35. The highest BCUT2D eigenvalue weighted by atomic mass is 35.5. The third-order valence-electron chi connectivity index (χ3n) is 6.78. The number of nitrogens with one attached hydrogen (secondary N) is 1. The lowest BCUT2D eigenvalue weighted by atomic mass is 9.95. The average Bonchev–Trinajstić information content (AvgIpc) is 3.52. The molecule has 1 N–H and O–H groups in total. The van der Waals surface area contributed by atoms with E-state index in [1.807, 2.05) is 0 Å². The van der Waals surface area contributed by atoms with Gasteiger partial charge in [0.1, 0.15) is 5.52 Å². The lowest BCUT2D eigenvalue weighted by molar-refractivity contribution is -0.137. The number of halogens is 5. The Kier molecular flexibility index (Phi) is 7.26. The first-order valence-corrected chi connectivity index (χ1v) is 13.7. The van der Waals surface area contributed by atoms with Crippen LogP contribution in [0.3, 0.4) is 0 Å². The molecule has 1 heterocycles. The fraction of sp³-hybridized carbons (Fsp3) is 0.259. The zero-order chi connectivity index (χ0) is 28.1. The summed E-state index contributed by atoms with van der Waals surface area (Å²) in [6.07, 6.45) is -3.29. The third-order valence-corrected chi connectivity index (χ3v) is 8.23. The first-order chi connectivity index (χ1) is 18.4. The third kappa shape index (κ3) is 5.56. The molecule has 1 saturated carbocycles. The van der Waals surface area contributed by atoms with E-state index in [2.05, 4.69) is 10.3 Å². The molecule has 2 atom stereocenters. The van der Waals surface area contributed by atoms with Crippen LogP contribution in [0.15, 0.2) is 59.0 Å². The van der Waals surface area contributed by atoms with Crippen LogP contribution in [0.25, 0.3) is 11.1 Å². The molecule has 204 valence electrons. The summed E-state index contributed by atoms with van der Waals surface area (Å²) < 4.78 is 67.4. The molecule has 0 saturated heterocycles. The number of hydrogen-bond donors (Lipinski definition) is 1. The van der Waals surface area contributed by atoms with Gasteiger partial charge in [-0.05, 0) is 72.3 Å². The van der Waals surface area contributed by atoms with Gasteiger partial charge in [0.25, 0.3) is 0 Å². The highest BCUT2D eigenvalue weighted by molar-refractivity contribution is 7.79. The molecule has 0 radical (unpaired) electrons. The summed E-state index contributed by atoms with van der Waals surface area (Å²) in [7, 11) is 0. The fourth-order valence-electron chi connectivity index (χ4n) is 4.51. The molecule has 6 nitrogen and oxygen atoms in total. The highest BCUT2D eigenvalue weighted by Gasteiger charge is 2.53. The van der Waals surface area contributed by atoms with Gasteiger partial charge >= 0.3 is 6.18 Å². The van der Waals surface area contributed by atoms with E-state index in [4.69, 9.17) is 27.6 Å². The number of fused-ring (bicyclic) bond motifs is 1. The van der Waals surface area contributed by atoms with Crippen molar-refractivity contribution in [2.75, 3.05) is 5.32 Å². The Labute approximate surface area is 233 Å². The molecule has 1 aromatic heterocycles. The van der Waals surface area contributed by atoms with Gasteiger partial charge < -0.3 is 14.3 Å². The van der Waals surface area contributed by atoms with E-state index in [-0.39, 0.29) is 33.8 Å². The minimum absolute atomic E-state index is 0.0195. The molecular weight excluding hydrogens is 576 g/mol. The summed E-state index contributed by atoms with van der Waals surface area (Å²) in [5.41, 5.74) is 0.922. The van der Waals surface area contributed by atoms with E-state index in [1.165, 1.54) is 6.07 Å². The molecule has 2 unspecified atom stereocenters. The number of anilines is 1. The maximum atomic E-state index is 13.1. The monoisotopic (exact) mass is 595 g/mol. The van der Waals surface area contributed by atoms with Crippen molar-refractivity contribution in [3.63, 3.8) is 0 Å². The first-order valence-electron chi connectivity index (χ1n) is 11.8. The van der Waals surface area contributed by atoms with Crippen LogP contribution in [0, 0.1) is 0 Å². The van der Waals surface area contributed by atoms with E-state index in [9.17, 15) is 26.7 Å². The largest absolute Gasteiger partial charge is 0.772 e. The molecule has 5 rings (SSSR count). The van der Waals surface area contributed by atoms with Crippen LogP contribution in [0.1, 0.15) is 53.2 Å². The summed E-state index contributed by atoms with van der Waals surface area (Å²) in [5, 5.41) is 2.62. The SMILES string of the molecule is CC(c1ccc(CC(=O)Nc2cc(Cl)c(C3(c4nc5ccc(C(F)(F)F)cc5o4)CC3)c(Cl)c2)cc1)S(=O)[O-]. The van der Waals surface area contributed by atoms with Crippen molar-refractivity contribution < 1.29 is 31.1 Å². The zero-order valence-electron chi connectivity index (χ0n) is 20.3. The summed E-state index contributed by atoms with van der Waals surface area (Å²) in [6.45, 7) is 1.57. The second kappa shape index (κ2) is 10.2. The fourth-order valence-corrected chi connectivity index (χ4v) is 5.74. The summed E-state index contributed by atoms with van der Waals surface area (Å²) in [6, 6.07) is 13.0. The van der Waals surface area contributed by atoms with Crippen LogP contribution in [0.5, 0.6) is 0 Å². The number of hydrogen-bond acceptors (Lipinski definition) is 5. The predicted molar refractivity (Wildman–Crippen MR) is 142 cm³/mol. The van der Waals surface area contributed by atoms with Gasteiger partial charge in [-0.1, -0.05) is 47.5 Å². The van der Waals surface area contributed by atoms with Gasteiger partial charge in [0, 0.05) is 26.5 Å². The Balaban J connectivity index is 1.34. The molecular formula is C27H20Cl2F3N2O4S-. The average molecular weight is 596 g/mol. The van der Waals surface area contributed by atoms with Gasteiger partial charge in [0.15, 0.2) is 5.58 Å². The van der Waals surface area contributed by atoms with Gasteiger partial charge in [0.2, 0.25) is 11.8 Å². The summed E-state index contributed by atoms with van der Waals surface area (Å²) >= 11 is 11.0. The van der Waals surface area contributed by atoms with E-state index in [1.54, 1.807) is 43.3 Å². The quantitative estimate of drug-likeness (QED) is 0.225. The van der Waals surface area contributed by atoms with Crippen molar-refractivity contribution in [1.82, 2.24) is 4.98 Å². The molecule has 12 heteroatoms. The summed E-state index contributed by atoms with van der Waals surface area (Å²) in [5.74, 6) is -0.0976. The van der Waals surface area contributed by atoms with Crippen LogP contribution >= 0.6 is 23.2 Å². The topological polar surface area (TPSA) is 95.3 Å². The van der Waals surface area contributed by atoms with Crippen LogP contribution in [0.4, 0.5) is 18.9 Å². The summed E-state index contributed by atoms with van der Waals surface area (Å²) in [4.78, 5) is 17.1. The lowest BCUT2D eigenvalue weighted by Crippen LogP contribution is -2.16. The van der Waals surface area contributed by atoms with Crippen molar-refractivity contribution in [1.29, 1.82) is 0 Å². The Bertz CT molecular complexity index is 1580. The van der Waals surface area contributed by atoms with Crippen molar-refractivity contribution in [3.8, 4) is 0 Å². The molecule has 1 amide bonds. The Hall–Kier alpha value is -2.92. The molecule has 1 aliphatic carbocycles. The first kappa shape index (κ1) is 27.6. The van der Waals surface area contributed by atoms with E-state index >= 15 is 0 Å². The number of alkyl halides is 3. The number of amides is 1. The standard InChI is InChI=1S/C27H21Cl2F3N2O4S/c1-14(39(36)37)16-4-2-15(3-5-16)10-23(35)33-18-12-19(28)24(20(29)13-18)26(8-9-26)25-34-21-7-6-17(27(30,31)32)11-22(21)38-25/h2-7,11-14H,8-10H2,1H3,(H,33,35)(H,36,37)/p-1. The molecule has 39 heavy (non-hydrogen) atoms. The van der Waals surface area contributed by atoms with Crippen molar-refractivity contribution in [2.45, 2.75) is 43.0 Å². The van der Waals surface area contributed by atoms with Crippen LogP contribution in [-0.4, -0.2) is 19.7 Å². The van der Waals surface area contributed by atoms with Crippen molar-refractivity contribution in [3.05, 3.63) is 92.8 Å². The number of oxazole rings is 1. The number of rotatable bonds is 7. The van der Waals surface area contributed by atoms with Crippen LogP contribution in [-0.2, 0) is 33.9 Å². The van der Waals surface area contributed by atoms with Gasteiger partial charge in [-0.25, -0.2) is 4.98 Å². The molecule has 1 fully saturated rings. The number of aromatic nitrogens is 1. The van der Waals surface area contributed by atoms with Gasteiger partial charge in [-0.15, -0.1) is 0 Å². The van der Waals surface area contributed by atoms with Crippen LogP contribution < -0.4 is 5.32 Å². The molecule has 0 spiro atoms. The second-order valence-electron chi connectivity index (χ2n) is 9.47. The number of carbonyl (C=O) groups is 1. The van der Waals surface area contributed by atoms with E-state index < -0.39 is 33.5 Å². The Morgan fingerprint density at radius 1 is 1.13 bits per heavy atom. The molecule has 1 aliphatic rings. The van der Waals surface area contributed by atoms with Gasteiger partial charge in [0.05, 0.1) is 17.4 Å². The molecule has 0 aliphatic heterocycles. The number of carbonyl (C=O) groups excluding carboxylic acids is 1. The van der Waals surface area contributed by atoms with Crippen molar-refractivity contribution >= 4 is 57.0 Å². The highest BCUT2D eigenvalue weighted by Crippen LogP contribution is 2.57. The Morgan fingerprint density at radius 3 is 2.33 bits per heavy atom. The minimum atomic E-state index is -4.51. The number of benzene rings is 3. The molecule has 4 aromatic rings.